The molecule has 8 heteroatoms. The van der Waals surface area contributed by atoms with Crippen LogP contribution in [0.4, 0.5) is 0 Å². The minimum Gasteiger partial charge on any atom is -0.421 e. The third-order valence-electron chi connectivity index (χ3n) is 3.68. The molecule has 2 rings (SSSR count). The molecule has 0 atom stereocenters. The van der Waals surface area contributed by atoms with Crippen LogP contribution in [-0.2, 0) is 10.0 Å². The molecule has 0 radical (unpaired) electrons. The average Bonchev–Trinajstić information content (AvgIpc) is 2.64. The Morgan fingerprint density at radius 1 is 1.19 bits per heavy atom. The van der Waals surface area contributed by atoms with Crippen LogP contribution >= 0.6 is 11.6 Å². The number of nitrogens with zero attached hydrogens (tertiary/aromatic N) is 2. The molecule has 0 spiro atoms. The van der Waals surface area contributed by atoms with E-state index in [0.717, 1.165) is 0 Å². The molecule has 0 unspecified atom stereocenters. The topological polar surface area (TPSA) is 87.5 Å². The number of ether oxygens (including phenoxy) is 1. The lowest BCUT2D eigenvalue weighted by atomic mass is 10.2. The normalized spacial score (nSPS) is 11.2. The van der Waals surface area contributed by atoms with Crippen molar-refractivity contribution >= 4 is 27.6 Å². The van der Waals surface area contributed by atoms with Crippen LogP contribution in [0.5, 0.6) is 5.75 Å². The summed E-state index contributed by atoms with van der Waals surface area (Å²) in [5, 5.41) is 8.94. The summed E-state index contributed by atoms with van der Waals surface area (Å²) < 4.78 is 31.7. The van der Waals surface area contributed by atoms with Gasteiger partial charge in [-0.2, -0.15) is 9.57 Å². The number of sulfonamides is 1. The molecule has 0 bridgehead atoms. The molecule has 0 saturated carbocycles. The van der Waals surface area contributed by atoms with Crippen molar-refractivity contribution in [2.45, 2.75) is 18.7 Å². The molecule has 26 heavy (non-hydrogen) atoms. The van der Waals surface area contributed by atoms with Crippen molar-refractivity contribution in [3.05, 3.63) is 58.6 Å². The Morgan fingerprint density at radius 3 is 2.46 bits per heavy atom. The fourth-order valence-electron chi connectivity index (χ4n) is 2.31. The van der Waals surface area contributed by atoms with Gasteiger partial charge < -0.3 is 4.74 Å². The van der Waals surface area contributed by atoms with Crippen molar-refractivity contribution in [2.75, 3.05) is 13.1 Å². The van der Waals surface area contributed by atoms with Gasteiger partial charge in [-0.3, -0.25) is 0 Å². The predicted molar refractivity (Wildman–Crippen MR) is 97.7 cm³/mol. The highest BCUT2D eigenvalue weighted by Gasteiger charge is 2.23. The first kappa shape index (κ1) is 19.9. The Kier molecular flexibility index (Phi) is 6.37. The van der Waals surface area contributed by atoms with Crippen LogP contribution in [0.3, 0.4) is 0 Å². The summed E-state index contributed by atoms with van der Waals surface area (Å²) in [6.07, 6.45) is 0. The quantitative estimate of drug-likeness (QED) is 0.555. The van der Waals surface area contributed by atoms with E-state index >= 15 is 0 Å². The lowest BCUT2D eigenvalue weighted by Crippen LogP contribution is -2.30. The summed E-state index contributed by atoms with van der Waals surface area (Å²) in [6, 6.07) is 11.8. The van der Waals surface area contributed by atoms with E-state index in [2.05, 4.69) is 0 Å². The maximum atomic E-state index is 12.6. The maximum absolute atomic E-state index is 12.6. The first-order chi connectivity index (χ1) is 12.3. The zero-order valence-electron chi connectivity index (χ0n) is 14.3. The van der Waals surface area contributed by atoms with Gasteiger partial charge in [-0.25, -0.2) is 13.2 Å². The van der Waals surface area contributed by atoms with E-state index in [1.807, 2.05) is 6.07 Å². The molecule has 2 aromatic rings. The van der Waals surface area contributed by atoms with Crippen LogP contribution in [0.1, 0.15) is 29.8 Å². The number of esters is 1. The van der Waals surface area contributed by atoms with Crippen molar-refractivity contribution < 1.29 is 17.9 Å². The van der Waals surface area contributed by atoms with Crippen molar-refractivity contribution in [2.24, 2.45) is 0 Å². The van der Waals surface area contributed by atoms with Crippen molar-refractivity contribution in [3.8, 4) is 11.8 Å². The molecule has 6 nitrogen and oxygen atoms in total. The number of hydrogen-bond donors (Lipinski definition) is 0. The van der Waals surface area contributed by atoms with E-state index in [9.17, 15) is 13.2 Å². The smallest absolute Gasteiger partial charge is 0.343 e. The first-order valence-corrected chi connectivity index (χ1v) is 9.67. The highest BCUT2D eigenvalue weighted by Crippen LogP contribution is 2.26. The Bertz CT molecular complexity index is 963. The molecule has 2 aromatic carbocycles. The van der Waals surface area contributed by atoms with Gasteiger partial charge in [-0.15, -0.1) is 0 Å². The van der Waals surface area contributed by atoms with E-state index in [1.165, 1.54) is 46.8 Å². The fourth-order valence-corrected chi connectivity index (χ4v) is 4.03. The van der Waals surface area contributed by atoms with Gasteiger partial charge in [0.1, 0.15) is 5.75 Å². The second-order valence-electron chi connectivity index (χ2n) is 5.26. The van der Waals surface area contributed by atoms with E-state index in [0.29, 0.717) is 18.7 Å². The molecule has 0 aliphatic carbocycles. The van der Waals surface area contributed by atoms with Gasteiger partial charge in [0.25, 0.3) is 0 Å². The van der Waals surface area contributed by atoms with Gasteiger partial charge in [0.2, 0.25) is 10.0 Å². The van der Waals surface area contributed by atoms with Crippen LogP contribution in [0.25, 0.3) is 0 Å². The summed E-state index contributed by atoms with van der Waals surface area (Å²) in [4.78, 5) is 12.4. The van der Waals surface area contributed by atoms with Crippen molar-refractivity contribution in [3.63, 3.8) is 0 Å². The predicted octanol–water partition coefficient (Wildman–Crippen LogP) is 3.46. The van der Waals surface area contributed by atoms with Gasteiger partial charge in [-0.05, 0) is 36.4 Å². The Balaban J connectivity index is 2.30. The van der Waals surface area contributed by atoms with Gasteiger partial charge in [0.15, 0.2) is 0 Å². The summed E-state index contributed by atoms with van der Waals surface area (Å²) in [5.41, 5.74) is 0.417. The van der Waals surface area contributed by atoms with E-state index in [4.69, 9.17) is 21.6 Å². The van der Waals surface area contributed by atoms with Crippen molar-refractivity contribution in [1.82, 2.24) is 4.31 Å². The summed E-state index contributed by atoms with van der Waals surface area (Å²) in [5.74, 6) is -0.652. The molecule has 0 aliphatic rings. The van der Waals surface area contributed by atoms with Gasteiger partial charge in [0, 0.05) is 13.1 Å². The highest BCUT2D eigenvalue weighted by atomic mass is 35.5. The zero-order valence-corrected chi connectivity index (χ0v) is 15.8. The van der Waals surface area contributed by atoms with Crippen LogP contribution < -0.4 is 4.74 Å². The molecule has 0 N–H and O–H groups in total. The maximum Gasteiger partial charge on any atom is 0.343 e. The van der Waals surface area contributed by atoms with E-state index in [1.54, 1.807) is 13.8 Å². The molecule has 0 aliphatic heterocycles. The number of halogens is 1. The van der Waals surface area contributed by atoms with Crippen LogP contribution in [0.2, 0.25) is 5.02 Å². The average molecular weight is 393 g/mol. The number of benzene rings is 2. The van der Waals surface area contributed by atoms with Crippen LogP contribution in [-0.4, -0.2) is 31.8 Å². The molecule has 0 aromatic heterocycles. The number of hydrogen-bond acceptors (Lipinski definition) is 5. The minimum absolute atomic E-state index is 0.0153. The monoisotopic (exact) mass is 392 g/mol. The summed E-state index contributed by atoms with van der Waals surface area (Å²) in [6.45, 7) is 4.14. The molecule has 0 amide bonds. The Hall–Kier alpha value is -2.40. The second kappa shape index (κ2) is 8.32. The van der Waals surface area contributed by atoms with Gasteiger partial charge >= 0.3 is 5.97 Å². The van der Waals surface area contributed by atoms with Crippen LogP contribution in [0, 0.1) is 11.3 Å². The third kappa shape index (κ3) is 4.22. The number of carbonyl (C=O) groups excluding carboxylic acids is 1. The minimum atomic E-state index is -3.68. The highest BCUT2D eigenvalue weighted by molar-refractivity contribution is 7.89. The summed E-state index contributed by atoms with van der Waals surface area (Å²) >= 11 is 5.99. The number of rotatable bonds is 6. The lowest BCUT2D eigenvalue weighted by molar-refractivity contribution is 0.0734. The number of nitriles is 1. The lowest BCUT2D eigenvalue weighted by Gasteiger charge is -2.18. The number of carbonyl (C=O) groups is 1. The molecule has 0 saturated heterocycles. The fraction of sp³-hybridized carbons (Fsp3) is 0.222. The standard InChI is InChI=1S/C18H17ClN2O4S/c1-3-21(4-2)26(23,24)15-7-5-6-14(11-15)18(22)25-17-9-8-13(12-20)10-16(17)19/h5-11H,3-4H2,1-2H3. The zero-order chi connectivity index (χ0) is 19.3. The van der Waals surface area contributed by atoms with Crippen LogP contribution in [0.15, 0.2) is 47.4 Å². The van der Waals surface area contributed by atoms with Crippen molar-refractivity contribution in [1.29, 1.82) is 5.26 Å². The van der Waals surface area contributed by atoms with Gasteiger partial charge in [0.05, 0.1) is 27.1 Å². The molecule has 0 fully saturated rings. The molecular weight excluding hydrogens is 376 g/mol. The molecule has 136 valence electrons. The van der Waals surface area contributed by atoms with Gasteiger partial charge in [-0.1, -0.05) is 31.5 Å². The largest absolute Gasteiger partial charge is 0.421 e. The Labute approximate surface area is 157 Å². The SMILES string of the molecule is CCN(CC)S(=O)(=O)c1cccc(C(=O)Oc2ccc(C#N)cc2Cl)c1. The van der Waals surface area contributed by atoms with E-state index < -0.39 is 16.0 Å². The molecule has 0 heterocycles. The second-order valence-corrected chi connectivity index (χ2v) is 7.61. The van der Waals surface area contributed by atoms with E-state index in [-0.39, 0.29) is 21.2 Å². The third-order valence-corrected chi connectivity index (χ3v) is 6.02. The molecular formula is C18H17ClN2O4S. The Morgan fingerprint density at radius 2 is 1.88 bits per heavy atom. The first-order valence-electron chi connectivity index (χ1n) is 7.85. The summed E-state index contributed by atoms with van der Waals surface area (Å²) in [7, 11) is -3.68.